The minimum absolute atomic E-state index is 0.288. The molecule has 0 atom stereocenters. The molecule has 1 aromatic carbocycles. The van der Waals surface area contributed by atoms with Crippen LogP contribution in [0.15, 0.2) is 36.0 Å². The van der Waals surface area contributed by atoms with Crippen LogP contribution in [0.5, 0.6) is 0 Å². The second-order valence-corrected chi connectivity index (χ2v) is 5.23. The second-order valence-electron chi connectivity index (χ2n) is 3.75. The molecule has 0 saturated carbocycles. The van der Waals surface area contributed by atoms with E-state index in [1.165, 1.54) is 12.7 Å². The number of fused-ring (bicyclic) bond motifs is 1. The Morgan fingerprint density at radius 2 is 1.89 bits per heavy atom. The van der Waals surface area contributed by atoms with Gasteiger partial charge < -0.3 is 4.98 Å². The Morgan fingerprint density at radius 3 is 2.58 bits per heavy atom. The van der Waals surface area contributed by atoms with E-state index in [0.29, 0.717) is 22.4 Å². The summed E-state index contributed by atoms with van der Waals surface area (Å²) < 4.78 is 22.6. The van der Waals surface area contributed by atoms with Crippen LogP contribution in [0.25, 0.3) is 22.4 Å². The molecule has 0 aliphatic heterocycles. The summed E-state index contributed by atoms with van der Waals surface area (Å²) in [5.74, 6) is 0.421. The normalized spacial score (nSPS) is 11.8. The minimum atomic E-state index is -3.88. The lowest BCUT2D eigenvalue weighted by atomic mass is 10.2. The average molecular weight is 276 g/mol. The predicted octanol–water partition coefficient (Wildman–Crippen LogP) is 0.0623. The van der Waals surface area contributed by atoms with Gasteiger partial charge in [0.2, 0.25) is 5.16 Å². The van der Waals surface area contributed by atoms with E-state index < -0.39 is 10.0 Å². The molecule has 0 aliphatic carbocycles. The van der Waals surface area contributed by atoms with Crippen LogP contribution in [0.3, 0.4) is 0 Å². The number of aromatic nitrogens is 5. The summed E-state index contributed by atoms with van der Waals surface area (Å²) >= 11 is 0. The van der Waals surface area contributed by atoms with Gasteiger partial charge in [-0.05, 0) is 12.1 Å². The van der Waals surface area contributed by atoms with Gasteiger partial charge in [0.1, 0.15) is 12.7 Å². The maximum atomic E-state index is 11.3. The number of aromatic amines is 1. The van der Waals surface area contributed by atoms with E-state index in [2.05, 4.69) is 24.9 Å². The molecule has 0 bridgehead atoms. The summed E-state index contributed by atoms with van der Waals surface area (Å²) in [4.78, 5) is 18.4. The van der Waals surface area contributed by atoms with Crippen LogP contribution < -0.4 is 5.14 Å². The van der Waals surface area contributed by atoms with Crippen molar-refractivity contribution in [1.29, 1.82) is 0 Å². The van der Waals surface area contributed by atoms with Crippen molar-refractivity contribution in [3.05, 3.63) is 30.9 Å². The highest BCUT2D eigenvalue weighted by Gasteiger charge is 2.16. The van der Waals surface area contributed by atoms with Crippen LogP contribution >= 0.6 is 0 Å². The molecule has 3 rings (SSSR count). The highest BCUT2D eigenvalue weighted by Crippen LogP contribution is 2.24. The highest BCUT2D eigenvalue weighted by molar-refractivity contribution is 7.89. The van der Waals surface area contributed by atoms with Gasteiger partial charge in [0.15, 0.2) is 5.82 Å². The van der Waals surface area contributed by atoms with Gasteiger partial charge in [-0.15, -0.1) is 0 Å². The molecule has 0 fully saturated rings. The van der Waals surface area contributed by atoms with E-state index >= 15 is 0 Å². The van der Waals surface area contributed by atoms with E-state index in [9.17, 15) is 8.42 Å². The Hall–Kier alpha value is -2.39. The number of sulfonamides is 1. The minimum Gasteiger partial charge on any atom is -0.327 e. The molecule has 2 heterocycles. The molecule has 9 heteroatoms. The molecule has 96 valence electrons. The zero-order valence-corrected chi connectivity index (χ0v) is 10.3. The number of nitrogens with two attached hydrogens (primary N) is 1. The smallest absolute Gasteiger partial charge is 0.271 e. The third-order valence-corrected chi connectivity index (χ3v) is 3.23. The van der Waals surface area contributed by atoms with Gasteiger partial charge >= 0.3 is 0 Å². The number of nitrogens with zero attached hydrogens (tertiary/aromatic N) is 4. The van der Waals surface area contributed by atoms with Crippen LogP contribution in [0.4, 0.5) is 0 Å². The molecule has 0 saturated heterocycles. The zero-order valence-electron chi connectivity index (χ0n) is 9.48. The van der Waals surface area contributed by atoms with Crippen molar-refractivity contribution in [2.45, 2.75) is 5.16 Å². The lowest BCUT2D eigenvalue weighted by Crippen LogP contribution is -2.13. The molecular formula is C10H8N6O2S. The van der Waals surface area contributed by atoms with E-state index in [1.54, 1.807) is 18.2 Å². The van der Waals surface area contributed by atoms with Crippen molar-refractivity contribution >= 4 is 21.1 Å². The third-order valence-electron chi connectivity index (χ3n) is 2.50. The largest absolute Gasteiger partial charge is 0.327 e. The van der Waals surface area contributed by atoms with Gasteiger partial charge in [0.25, 0.3) is 10.0 Å². The summed E-state index contributed by atoms with van der Waals surface area (Å²) in [5.41, 5.74) is 1.61. The van der Waals surface area contributed by atoms with Crippen LogP contribution in [-0.4, -0.2) is 33.3 Å². The van der Waals surface area contributed by atoms with Gasteiger partial charge in [0.05, 0.1) is 11.0 Å². The van der Waals surface area contributed by atoms with Crippen molar-refractivity contribution in [1.82, 2.24) is 24.9 Å². The first kappa shape index (κ1) is 11.7. The van der Waals surface area contributed by atoms with Crippen LogP contribution in [0, 0.1) is 0 Å². The first-order chi connectivity index (χ1) is 9.05. The number of imidazole rings is 1. The maximum Gasteiger partial charge on any atom is 0.271 e. The molecule has 3 aromatic rings. The fourth-order valence-corrected chi connectivity index (χ4v) is 2.18. The third kappa shape index (κ3) is 2.04. The molecule has 0 aliphatic rings. The lowest BCUT2D eigenvalue weighted by molar-refractivity contribution is 0.591. The molecular weight excluding hydrogens is 268 g/mol. The van der Waals surface area contributed by atoms with Gasteiger partial charge in [0, 0.05) is 5.56 Å². The molecule has 3 N–H and O–H groups in total. The van der Waals surface area contributed by atoms with E-state index in [0.717, 1.165) is 0 Å². The van der Waals surface area contributed by atoms with E-state index in [4.69, 9.17) is 5.14 Å². The monoisotopic (exact) mass is 276 g/mol. The fourth-order valence-electron chi connectivity index (χ4n) is 1.71. The van der Waals surface area contributed by atoms with Crippen molar-refractivity contribution in [2.75, 3.05) is 0 Å². The number of primary sulfonamides is 1. The predicted molar refractivity (Wildman–Crippen MR) is 66.3 cm³/mol. The molecule has 2 aromatic heterocycles. The Kier molecular flexibility index (Phi) is 2.50. The average Bonchev–Trinajstić information content (AvgIpc) is 2.83. The Morgan fingerprint density at radius 1 is 1.16 bits per heavy atom. The maximum absolute atomic E-state index is 11.3. The number of hydrogen-bond donors (Lipinski definition) is 2. The number of benzene rings is 1. The molecule has 8 nitrogen and oxygen atoms in total. The van der Waals surface area contributed by atoms with Crippen molar-refractivity contribution < 1.29 is 8.42 Å². The molecule has 0 amide bonds. The summed E-state index contributed by atoms with van der Waals surface area (Å²) in [5, 5.41) is 4.76. The van der Waals surface area contributed by atoms with Gasteiger partial charge in [-0.25, -0.2) is 33.5 Å². The Labute approximate surface area is 107 Å². The Bertz CT molecular complexity index is 843. The standard InChI is InChI=1S/C10H8N6O2S/c11-19(17,18)10-15-7-3-1-2-6(8(7)16-10)9-13-4-12-5-14-9/h1-5H,(H,15,16)(H2,11,17,18). The van der Waals surface area contributed by atoms with Crippen LogP contribution in [0.2, 0.25) is 0 Å². The molecule has 0 spiro atoms. The van der Waals surface area contributed by atoms with Gasteiger partial charge in [-0.1, -0.05) is 6.07 Å². The summed E-state index contributed by atoms with van der Waals surface area (Å²) in [6.45, 7) is 0. The van der Waals surface area contributed by atoms with E-state index in [-0.39, 0.29) is 5.16 Å². The summed E-state index contributed by atoms with van der Waals surface area (Å²) in [6.07, 6.45) is 2.72. The van der Waals surface area contributed by atoms with Crippen molar-refractivity contribution in [3.63, 3.8) is 0 Å². The second kappa shape index (κ2) is 4.07. The summed E-state index contributed by atoms with van der Waals surface area (Å²) in [6, 6.07) is 5.16. The quantitative estimate of drug-likeness (QED) is 0.681. The highest BCUT2D eigenvalue weighted by atomic mass is 32.2. The van der Waals surface area contributed by atoms with Crippen LogP contribution in [-0.2, 0) is 10.0 Å². The number of H-pyrrole nitrogens is 1. The zero-order chi connectivity index (χ0) is 13.5. The first-order valence-corrected chi connectivity index (χ1v) is 6.74. The topological polar surface area (TPSA) is 128 Å². The van der Waals surface area contributed by atoms with Crippen molar-refractivity contribution in [3.8, 4) is 11.4 Å². The fraction of sp³-hybridized carbons (Fsp3) is 0. The number of hydrogen-bond acceptors (Lipinski definition) is 6. The number of para-hydroxylation sites is 1. The SMILES string of the molecule is NS(=O)(=O)c1nc2cccc(-c3ncncn3)c2[nH]1. The molecule has 0 unspecified atom stereocenters. The van der Waals surface area contributed by atoms with Gasteiger partial charge in [-0.3, -0.25) is 0 Å². The number of nitrogens with one attached hydrogen (secondary N) is 1. The first-order valence-electron chi connectivity index (χ1n) is 5.19. The Balaban J connectivity index is 2.30. The lowest BCUT2D eigenvalue weighted by Gasteiger charge is -1.99. The van der Waals surface area contributed by atoms with Crippen molar-refractivity contribution in [2.24, 2.45) is 5.14 Å². The van der Waals surface area contributed by atoms with Gasteiger partial charge in [-0.2, -0.15) is 0 Å². The molecule has 0 radical (unpaired) electrons. The van der Waals surface area contributed by atoms with E-state index in [1.807, 2.05) is 0 Å². The van der Waals surface area contributed by atoms with Crippen LogP contribution in [0.1, 0.15) is 0 Å². The summed E-state index contributed by atoms with van der Waals surface area (Å²) in [7, 11) is -3.88. The molecule has 19 heavy (non-hydrogen) atoms. The number of rotatable bonds is 2.